The number of aromatic amines is 1. The van der Waals surface area contributed by atoms with Gasteiger partial charge in [0.1, 0.15) is 30.5 Å². The second-order valence-electron chi connectivity index (χ2n) is 5.15. The van der Waals surface area contributed by atoms with E-state index in [9.17, 15) is 4.79 Å². The van der Waals surface area contributed by atoms with E-state index in [0.717, 1.165) is 5.82 Å². The number of nitrogens with zero attached hydrogens (tertiary/aromatic N) is 4. The highest BCUT2D eigenvalue weighted by Gasteiger charge is 2.29. The molecule has 1 aliphatic heterocycles. The lowest BCUT2D eigenvalue weighted by Gasteiger charge is -2.30. The smallest absolute Gasteiger partial charge is 0.292 e. The SMILES string of the molecule is Cc1cc(C(=O)N2CCN(c3[nH+]cccc3C#N)CC2)no1. The monoisotopic (exact) mass is 298 g/mol. The molecule has 2 aromatic rings. The number of carbonyl (C=O) groups excluding carboxylic acids is 1. The first-order valence-corrected chi connectivity index (χ1v) is 7.07. The normalized spacial score (nSPS) is 14.7. The largest absolute Gasteiger partial charge is 0.361 e. The predicted octanol–water partition coefficient (Wildman–Crippen LogP) is 0.631. The third-order valence-electron chi connectivity index (χ3n) is 3.68. The fourth-order valence-corrected chi connectivity index (χ4v) is 2.54. The minimum atomic E-state index is -0.117. The van der Waals surface area contributed by atoms with Crippen LogP contribution in [0.1, 0.15) is 21.8 Å². The molecule has 0 aromatic carbocycles. The van der Waals surface area contributed by atoms with Crippen molar-refractivity contribution in [1.82, 2.24) is 10.1 Å². The van der Waals surface area contributed by atoms with Crippen molar-refractivity contribution in [3.05, 3.63) is 41.4 Å². The number of H-pyrrole nitrogens is 1. The molecule has 0 spiro atoms. The van der Waals surface area contributed by atoms with Gasteiger partial charge in [-0.25, -0.2) is 4.98 Å². The Bertz CT molecular complexity index is 726. The van der Waals surface area contributed by atoms with E-state index in [1.807, 2.05) is 0 Å². The first kappa shape index (κ1) is 14.1. The predicted molar refractivity (Wildman–Crippen MR) is 77.1 cm³/mol. The Hall–Kier alpha value is -2.88. The van der Waals surface area contributed by atoms with E-state index >= 15 is 0 Å². The third-order valence-corrected chi connectivity index (χ3v) is 3.68. The van der Waals surface area contributed by atoms with E-state index < -0.39 is 0 Å². The molecular weight excluding hydrogens is 282 g/mol. The van der Waals surface area contributed by atoms with Gasteiger partial charge in [0.2, 0.25) is 0 Å². The van der Waals surface area contributed by atoms with E-state index in [2.05, 4.69) is 21.1 Å². The number of carbonyl (C=O) groups is 1. The van der Waals surface area contributed by atoms with Gasteiger partial charge in [-0.2, -0.15) is 5.26 Å². The number of rotatable bonds is 2. The summed E-state index contributed by atoms with van der Waals surface area (Å²) in [6.07, 6.45) is 1.80. The number of nitriles is 1. The summed E-state index contributed by atoms with van der Waals surface area (Å²) in [5.41, 5.74) is 0.948. The van der Waals surface area contributed by atoms with E-state index in [-0.39, 0.29) is 5.91 Å². The standard InChI is InChI=1S/C15H15N5O2/c1-11-9-13(18-22-11)15(21)20-7-5-19(6-8-20)14-12(10-16)3-2-4-17-14/h2-4,9H,5-8H2,1H3/p+1. The number of hydrogen-bond donors (Lipinski definition) is 0. The Kier molecular flexibility index (Phi) is 3.74. The number of pyridine rings is 1. The zero-order valence-corrected chi connectivity index (χ0v) is 12.2. The van der Waals surface area contributed by atoms with Crippen LogP contribution in [0.15, 0.2) is 28.9 Å². The average Bonchev–Trinajstić information content (AvgIpc) is 3.01. The van der Waals surface area contributed by atoms with Crippen LogP contribution in [0.4, 0.5) is 5.82 Å². The van der Waals surface area contributed by atoms with Gasteiger partial charge < -0.3 is 9.42 Å². The Morgan fingerprint density at radius 1 is 1.41 bits per heavy atom. The maximum atomic E-state index is 12.3. The van der Waals surface area contributed by atoms with Gasteiger partial charge >= 0.3 is 0 Å². The van der Waals surface area contributed by atoms with Gasteiger partial charge in [-0.3, -0.25) is 9.69 Å². The molecule has 3 heterocycles. The van der Waals surface area contributed by atoms with Crippen LogP contribution < -0.4 is 9.88 Å². The van der Waals surface area contributed by atoms with Gasteiger partial charge in [-0.15, -0.1) is 0 Å². The molecule has 1 saturated heterocycles. The molecule has 0 atom stereocenters. The molecule has 7 nitrogen and oxygen atoms in total. The lowest BCUT2D eigenvalue weighted by atomic mass is 10.2. The van der Waals surface area contributed by atoms with Crippen molar-refractivity contribution in [2.75, 3.05) is 31.1 Å². The Balaban J connectivity index is 1.68. The minimum Gasteiger partial charge on any atom is -0.361 e. The van der Waals surface area contributed by atoms with E-state index in [1.54, 1.807) is 36.2 Å². The van der Waals surface area contributed by atoms with Gasteiger partial charge in [0, 0.05) is 6.07 Å². The summed E-state index contributed by atoms with van der Waals surface area (Å²) in [4.78, 5) is 19.2. The maximum Gasteiger partial charge on any atom is 0.292 e. The number of nitrogens with one attached hydrogen (secondary N) is 1. The van der Waals surface area contributed by atoms with Gasteiger partial charge in [-0.1, -0.05) is 5.16 Å². The topological polar surface area (TPSA) is 87.5 Å². The molecule has 0 bridgehead atoms. The Morgan fingerprint density at radius 3 is 2.82 bits per heavy atom. The van der Waals surface area contributed by atoms with E-state index in [4.69, 9.17) is 9.78 Å². The van der Waals surface area contributed by atoms with Crippen LogP contribution in [-0.4, -0.2) is 42.1 Å². The molecule has 0 saturated carbocycles. The highest BCUT2D eigenvalue weighted by atomic mass is 16.5. The number of piperazine rings is 1. The molecule has 0 aliphatic carbocycles. The molecular formula is C15H16N5O2+. The van der Waals surface area contributed by atoms with Crippen LogP contribution in [0.25, 0.3) is 0 Å². The van der Waals surface area contributed by atoms with Gasteiger partial charge in [-0.05, 0) is 19.1 Å². The number of anilines is 1. The fraction of sp³-hybridized carbons (Fsp3) is 0.333. The summed E-state index contributed by atoms with van der Waals surface area (Å²) in [7, 11) is 0. The summed E-state index contributed by atoms with van der Waals surface area (Å²) in [6, 6.07) is 7.41. The molecule has 1 aliphatic rings. The maximum absolute atomic E-state index is 12.3. The van der Waals surface area contributed by atoms with Crippen LogP contribution in [-0.2, 0) is 0 Å². The number of aromatic nitrogens is 2. The second kappa shape index (κ2) is 5.85. The Labute approximate surface area is 127 Å². The van der Waals surface area contributed by atoms with E-state index in [0.29, 0.717) is 43.2 Å². The van der Waals surface area contributed by atoms with Crippen LogP contribution in [0.2, 0.25) is 0 Å². The van der Waals surface area contributed by atoms with Crippen LogP contribution in [0.5, 0.6) is 0 Å². The lowest BCUT2D eigenvalue weighted by Crippen LogP contribution is -2.50. The first-order chi connectivity index (χ1) is 10.7. The highest BCUT2D eigenvalue weighted by molar-refractivity contribution is 5.92. The summed E-state index contributed by atoms with van der Waals surface area (Å²) >= 11 is 0. The Morgan fingerprint density at radius 2 is 2.18 bits per heavy atom. The average molecular weight is 298 g/mol. The number of aryl methyl sites for hydroxylation is 1. The molecule has 1 amide bonds. The van der Waals surface area contributed by atoms with Crippen molar-refractivity contribution < 1.29 is 14.3 Å². The molecule has 112 valence electrons. The van der Waals surface area contributed by atoms with Gasteiger partial charge in [0.05, 0.1) is 19.3 Å². The molecule has 1 fully saturated rings. The molecule has 22 heavy (non-hydrogen) atoms. The zero-order chi connectivity index (χ0) is 15.5. The highest BCUT2D eigenvalue weighted by Crippen LogP contribution is 2.16. The zero-order valence-electron chi connectivity index (χ0n) is 12.2. The molecule has 2 aromatic heterocycles. The lowest BCUT2D eigenvalue weighted by molar-refractivity contribution is -0.364. The number of hydrogen-bond acceptors (Lipinski definition) is 5. The first-order valence-electron chi connectivity index (χ1n) is 7.07. The van der Waals surface area contributed by atoms with Crippen molar-refractivity contribution in [3.63, 3.8) is 0 Å². The van der Waals surface area contributed by atoms with Crippen LogP contribution in [0, 0.1) is 18.3 Å². The van der Waals surface area contributed by atoms with Crippen molar-refractivity contribution in [2.24, 2.45) is 0 Å². The van der Waals surface area contributed by atoms with Crippen molar-refractivity contribution in [2.45, 2.75) is 6.92 Å². The van der Waals surface area contributed by atoms with Crippen LogP contribution in [0.3, 0.4) is 0 Å². The van der Waals surface area contributed by atoms with Crippen LogP contribution >= 0.6 is 0 Å². The van der Waals surface area contributed by atoms with Gasteiger partial charge in [0.25, 0.3) is 11.7 Å². The summed E-state index contributed by atoms with van der Waals surface area (Å²) in [5.74, 6) is 1.31. The van der Waals surface area contributed by atoms with Gasteiger partial charge in [0.15, 0.2) is 5.69 Å². The van der Waals surface area contributed by atoms with Crippen molar-refractivity contribution >= 4 is 11.7 Å². The quantitative estimate of drug-likeness (QED) is 0.811. The summed E-state index contributed by atoms with van der Waals surface area (Å²) < 4.78 is 4.95. The van der Waals surface area contributed by atoms with Crippen molar-refractivity contribution in [3.8, 4) is 6.07 Å². The summed E-state index contributed by atoms with van der Waals surface area (Å²) in [6.45, 7) is 4.25. The fourth-order valence-electron chi connectivity index (χ4n) is 2.54. The molecule has 1 N–H and O–H groups in total. The van der Waals surface area contributed by atoms with Crippen molar-refractivity contribution in [1.29, 1.82) is 5.26 Å². The number of amides is 1. The molecule has 3 rings (SSSR count). The summed E-state index contributed by atoms with van der Waals surface area (Å²) in [5, 5.41) is 12.9. The van der Waals surface area contributed by atoms with E-state index in [1.165, 1.54) is 0 Å². The molecule has 0 radical (unpaired) electrons. The molecule has 7 heteroatoms. The third kappa shape index (κ3) is 2.63. The molecule has 0 unspecified atom stereocenters. The minimum absolute atomic E-state index is 0.117. The second-order valence-corrected chi connectivity index (χ2v) is 5.15.